The van der Waals surface area contributed by atoms with E-state index in [1.54, 1.807) is 24.3 Å². The van der Waals surface area contributed by atoms with Crippen LogP contribution in [0.1, 0.15) is 36.1 Å². The number of hydrogen-bond acceptors (Lipinski definition) is 3. The maximum absolute atomic E-state index is 13.6. The van der Waals surface area contributed by atoms with Gasteiger partial charge in [-0.25, -0.2) is 0 Å². The molecule has 0 fully saturated rings. The first-order chi connectivity index (χ1) is 15.2. The molecular weight excluding hydrogens is 426 g/mol. The average Bonchev–Trinajstić information content (AvgIpc) is 3.01. The number of carbonyl (C=O) groups is 3. The van der Waals surface area contributed by atoms with Gasteiger partial charge in [-0.2, -0.15) is 0 Å². The number of nitrogens with one attached hydrogen (secondary N) is 3. The fraction of sp³-hybridized carbons (Fsp3) is 0.160. The predicted octanol–water partition coefficient (Wildman–Crippen LogP) is 4.85. The Hall–Kier alpha value is -3.64. The van der Waals surface area contributed by atoms with Crippen LogP contribution in [0, 0.1) is 6.92 Å². The van der Waals surface area contributed by atoms with E-state index in [2.05, 4.69) is 16.0 Å². The van der Waals surface area contributed by atoms with Gasteiger partial charge in [0.05, 0.1) is 0 Å². The van der Waals surface area contributed by atoms with Crippen LogP contribution in [0.5, 0.6) is 0 Å². The molecule has 0 saturated carbocycles. The number of aryl methyl sites for hydroxylation is 1. The van der Waals surface area contributed by atoms with Gasteiger partial charge in [0.25, 0.3) is 0 Å². The Morgan fingerprint density at radius 2 is 1.31 bits per heavy atom. The summed E-state index contributed by atoms with van der Waals surface area (Å²) in [7, 11) is 0. The van der Waals surface area contributed by atoms with Crippen molar-refractivity contribution < 1.29 is 14.4 Å². The molecule has 1 aliphatic heterocycles. The molecule has 1 aliphatic rings. The molecule has 4 rings (SSSR count). The minimum absolute atomic E-state index is 0.174. The molecule has 0 radical (unpaired) electrons. The zero-order valence-electron chi connectivity index (χ0n) is 17.9. The maximum atomic E-state index is 13.6. The van der Waals surface area contributed by atoms with Crippen molar-refractivity contribution in [2.75, 3.05) is 16.0 Å². The normalized spacial score (nSPS) is 13.8. The summed E-state index contributed by atoms with van der Waals surface area (Å²) < 4.78 is 0. The highest BCUT2D eigenvalue weighted by atomic mass is 35.5. The van der Waals surface area contributed by atoms with Crippen molar-refractivity contribution in [3.05, 3.63) is 87.9 Å². The van der Waals surface area contributed by atoms with Crippen molar-refractivity contribution in [2.45, 2.75) is 26.2 Å². The summed E-state index contributed by atoms with van der Waals surface area (Å²) in [6.45, 7) is 4.79. The van der Waals surface area contributed by atoms with Crippen molar-refractivity contribution in [3.63, 3.8) is 0 Å². The zero-order chi connectivity index (χ0) is 23.0. The van der Waals surface area contributed by atoms with Crippen LogP contribution in [0.2, 0.25) is 5.02 Å². The molecule has 7 heteroatoms. The summed E-state index contributed by atoms with van der Waals surface area (Å²) in [6.07, 6.45) is 0. The van der Waals surface area contributed by atoms with Gasteiger partial charge in [0.2, 0.25) is 17.7 Å². The molecule has 3 aromatic rings. The van der Waals surface area contributed by atoms with E-state index in [-0.39, 0.29) is 17.7 Å². The lowest BCUT2D eigenvalue weighted by Crippen LogP contribution is -2.37. The number of halogens is 1. The molecule has 0 saturated heterocycles. The molecule has 3 aromatic carbocycles. The molecule has 3 amide bonds. The van der Waals surface area contributed by atoms with E-state index < -0.39 is 5.41 Å². The minimum Gasteiger partial charge on any atom is -0.326 e. The highest BCUT2D eigenvalue weighted by Crippen LogP contribution is 2.49. The van der Waals surface area contributed by atoms with Crippen LogP contribution in [0.25, 0.3) is 0 Å². The van der Waals surface area contributed by atoms with Crippen molar-refractivity contribution in [2.24, 2.45) is 0 Å². The molecular formula is C25H22ClN3O3. The molecule has 0 bridgehead atoms. The van der Waals surface area contributed by atoms with E-state index in [1.165, 1.54) is 13.8 Å². The lowest BCUT2D eigenvalue weighted by molar-refractivity contribution is -0.118. The van der Waals surface area contributed by atoms with Crippen LogP contribution >= 0.6 is 11.6 Å². The van der Waals surface area contributed by atoms with E-state index in [0.29, 0.717) is 16.4 Å². The van der Waals surface area contributed by atoms with Gasteiger partial charge in [0.15, 0.2) is 0 Å². The van der Waals surface area contributed by atoms with Gasteiger partial charge in [-0.3, -0.25) is 14.4 Å². The Kier molecular flexibility index (Phi) is 5.48. The Bertz CT molecular complexity index is 1180. The summed E-state index contributed by atoms with van der Waals surface area (Å²) in [5, 5.41) is 9.07. The van der Waals surface area contributed by atoms with Gasteiger partial charge >= 0.3 is 0 Å². The Morgan fingerprint density at radius 1 is 0.844 bits per heavy atom. The third-order valence-electron chi connectivity index (χ3n) is 5.56. The van der Waals surface area contributed by atoms with Gasteiger partial charge in [-0.05, 0) is 60.0 Å². The molecule has 1 heterocycles. The van der Waals surface area contributed by atoms with Gasteiger partial charge < -0.3 is 16.0 Å². The number of rotatable bonds is 4. The van der Waals surface area contributed by atoms with E-state index in [1.807, 2.05) is 43.3 Å². The first-order valence-electron chi connectivity index (χ1n) is 10.1. The second-order valence-electron chi connectivity index (χ2n) is 7.87. The Morgan fingerprint density at radius 3 is 1.75 bits per heavy atom. The SMILES string of the molecule is CC(=O)Nc1ccc(C2(c3ccc(NC(C)=O)cc3)C(=O)Nc3c(C)cc(Cl)cc32)cc1. The van der Waals surface area contributed by atoms with Gasteiger partial charge in [-0.1, -0.05) is 35.9 Å². The molecule has 162 valence electrons. The summed E-state index contributed by atoms with van der Waals surface area (Å²) in [4.78, 5) is 36.5. The summed E-state index contributed by atoms with van der Waals surface area (Å²) in [5.41, 5.74) is 3.95. The third-order valence-corrected chi connectivity index (χ3v) is 5.78. The van der Waals surface area contributed by atoms with Crippen LogP contribution < -0.4 is 16.0 Å². The fourth-order valence-electron chi connectivity index (χ4n) is 4.29. The van der Waals surface area contributed by atoms with Gasteiger partial charge in [-0.15, -0.1) is 0 Å². The smallest absolute Gasteiger partial charge is 0.244 e. The topological polar surface area (TPSA) is 87.3 Å². The average molecular weight is 448 g/mol. The van der Waals surface area contributed by atoms with Crippen LogP contribution in [0.15, 0.2) is 60.7 Å². The number of carbonyl (C=O) groups excluding carboxylic acids is 3. The third kappa shape index (κ3) is 3.63. The van der Waals surface area contributed by atoms with Crippen molar-refractivity contribution in [1.82, 2.24) is 0 Å². The van der Waals surface area contributed by atoms with E-state index in [0.717, 1.165) is 27.9 Å². The lowest BCUT2D eigenvalue weighted by Gasteiger charge is -2.29. The van der Waals surface area contributed by atoms with Crippen LogP contribution in [-0.2, 0) is 19.8 Å². The standard InChI is InChI=1S/C25H22ClN3O3/c1-14-12-19(26)13-22-23(14)29-24(32)25(22,17-4-8-20(9-5-17)27-15(2)30)18-6-10-21(11-7-18)28-16(3)31/h4-13H,1-3H3,(H,27,30)(H,28,31)(H,29,32). The van der Waals surface area contributed by atoms with Crippen LogP contribution in [-0.4, -0.2) is 17.7 Å². The van der Waals surface area contributed by atoms with Gasteiger partial charge in [0.1, 0.15) is 5.41 Å². The molecule has 0 aliphatic carbocycles. The summed E-state index contributed by atoms with van der Waals surface area (Å²) in [6, 6.07) is 18.0. The molecule has 3 N–H and O–H groups in total. The zero-order valence-corrected chi connectivity index (χ0v) is 18.6. The highest BCUT2D eigenvalue weighted by Gasteiger charge is 2.50. The molecule has 0 spiro atoms. The number of benzene rings is 3. The highest BCUT2D eigenvalue weighted by molar-refractivity contribution is 6.31. The number of fused-ring (bicyclic) bond motifs is 1. The quantitative estimate of drug-likeness (QED) is 0.534. The van der Waals surface area contributed by atoms with Crippen LogP contribution in [0.3, 0.4) is 0 Å². The number of anilines is 3. The second kappa shape index (κ2) is 8.13. The van der Waals surface area contributed by atoms with Crippen molar-refractivity contribution in [3.8, 4) is 0 Å². The number of amides is 3. The predicted molar refractivity (Wildman–Crippen MR) is 126 cm³/mol. The van der Waals surface area contributed by atoms with E-state index >= 15 is 0 Å². The monoisotopic (exact) mass is 447 g/mol. The Labute approximate surface area is 191 Å². The largest absolute Gasteiger partial charge is 0.326 e. The van der Waals surface area contributed by atoms with Crippen molar-refractivity contribution >= 4 is 46.4 Å². The molecule has 6 nitrogen and oxygen atoms in total. The fourth-order valence-corrected chi connectivity index (χ4v) is 4.56. The van der Waals surface area contributed by atoms with Gasteiger partial charge in [0, 0.05) is 41.5 Å². The molecule has 0 unspecified atom stereocenters. The van der Waals surface area contributed by atoms with E-state index in [4.69, 9.17) is 11.6 Å². The van der Waals surface area contributed by atoms with Crippen LogP contribution in [0.4, 0.5) is 17.1 Å². The Balaban J connectivity index is 1.94. The minimum atomic E-state index is -1.14. The summed E-state index contributed by atoms with van der Waals surface area (Å²) >= 11 is 6.41. The first kappa shape index (κ1) is 21.6. The first-order valence-corrected chi connectivity index (χ1v) is 10.5. The van der Waals surface area contributed by atoms with Crippen molar-refractivity contribution in [1.29, 1.82) is 0 Å². The lowest BCUT2D eigenvalue weighted by atomic mass is 9.70. The molecule has 0 aromatic heterocycles. The maximum Gasteiger partial charge on any atom is 0.244 e. The summed E-state index contributed by atoms with van der Waals surface area (Å²) in [5.74, 6) is -0.544. The number of hydrogen-bond donors (Lipinski definition) is 3. The van der Waals surface area contributed by atoms with E-state index in [9.17, 15) is 14.4 Å². The molecule has 0 atom stereocenters. The molecule has 32 heavy (non-hydrogen) atoms. The second-order valence-corrected chi connectivity index (χ2v) is 8.30.